The summed E-state index contributed by atoms with van der Waals surface area (Å²) in [5.74, 6) is 0.0754. The van der Waals surface area contributed by atoms with Crippen LogP contribution in [0.4, 0.5) is 0 Å². The van der Waals surface area contributed by atoms with E-state index in [1.54, 1.807) is 0 Å². The maximum Gasteiger partial charge on any atom is 0.255 e. The number of fused-ring (bicyclic) bond motifs is 1. The van der Waals surface area contributed by atoms with Crippen molar-refractivity contribution in [2.45, 2.75) is 44.5 Å². The van der Waals surface area contributed by atoms with Crippen LogP contribution in [0.25, 0.3) is 10.8 Å². The van der Waals surface area contributed by atoms with Gasteiger partial charge in [0.25, 0.3) is 5.91 Å². The van der Waals surface area contributed by atoms with E-state index in [1.807, 2.05) is 43.3 Å². The number of carbonyl (C=O) groups is 1. The van der Waals surface area contributed by atoms with Crippen LogP contribution in [-0.4, -0.2) is 37.6 Å². The molecule has 0 radical (unpaired) electrons. The Morgan fingerprint density at radius 2 is 2.04 bits per heavy atom. The van der Waals surface area contributed by atoms with E-state index < -0.39 is 5.79 Å². The van der Waals surface area contributed by atoms with Gasteiger partial charge in [-0.15, -0.1) is 0 Å². The molecule has 26 heavy (non-hydrogen) atoms. The van der Waals surface area contributed by atoms with Gasteiger partial charge in [0.15, 0.2) is 5.79 Å². The third kappa shape index (κ3) is 3.29. The minimum atomic E-state index is -0.397. The van der Waals surface area contributed by atoms with E-state index in [1.165, 1.54) is 0 Å². The Balaban J connectivity index is 1.50. The number of hydrogen-bond donors (Lipinski definition) is 1. The van der Waals surface area contributed by atoms with Crippen LogP contribution in [0.15, 0.2) is 36.4 Å². The maximum absolute atomic E-state index is 12.9. The van der Waals surface area contributed by atoms with Crippen LogP contribution in [0.5, 0.6) is 5.75 Å². The number of ether oxygens (including phenoxy) is 3. The first kappa shape index (κ1) is 17.3. The second kappa shape index (κ2) is 7.25. The van der Waals surface area contributed by atoms with Crippen LogP contribution < -0.4 is 10.1 Å². The fourth-order valence-corrected chi connectivity index (χ4v) is 3.95. The summed E-state index contributed by atoms with van der Waals surface area (Å²) in [5.41, 5.74) is 0.583. The minimum Gasteiger partial charge on any atom is -0.493 e. The Morgan fingerprint density at radius 1 is 1.23 bits per heavy atom. The molecule has 2 fully saturated rings. The first-order valence-electron chi connectivity index (χ1n) is 9.45. The van der Waals surface area contributed by atoms with Crippen LogP contribution in [0, 0.1) is 0 Å². The van der Waals surface area contributed by atoms with Crippen LogP contribution >= 0.6 is 0 Å². The topological polar surface area (TPSA) is 56.8 Å². The van der Waals surface area contributed by atoms with Crippen LogP contribution in [-0.2, 0) is 9.47 Å². The highest BCUT2D eigenvalue weighted by molar-refractivity contribution is 6.09. The van der Waals surface area contributed by atoms with Crippen LogP contribution in [0.2, 0.25) is 0 Å². The molecular formula is C21H25NO4. The Hall–Kier alpha value is -2.11. The highest BCUT2D eigenvalue weighted by Crippen LogP contribution is 2.39. The number of amides is 1. The minimum absolute atomic E-state index is 0.0948. The summed E-state index contributed by atoms with van der Waals surface area (Å²) in [5, 5.41) is 4.93. The van der Waals surface area contributed by atoms with E-state index in [0.29, 0.717) is 31.1 Å². The van der Waals surface area contributed by atoms with Gasteiger partial charge in [0.05, 0.1) is 18.8 Å². The lowest BCUT2D eigenvalue weighted by molar-refractivity contribution is -0.161. The fourth-order valence-electron chi connectivity index (χ4n) is 3.95. The summed E-state index contributed by atoms with van der Waals surface area (Å²) < 4.78 is 17.7. The molecular weight excluding hydrogens is 330 g/mol. The average Bonchev–Trinajstić information content (AvgIpc) is 3.29. The lowest BCUT2D eigenvalue weighted by Gasteiger charge is -2.22. The molecule has 138 valence electrons. The highest BCUT2D eigenvalue weighted by Gasteiger charge is 2.43. The van der Waals surface area contributed by atoms with Gasteiger partial charge in [-0.2, -0.15) is 0 Å². The monoisotopic (exact) mass is 355 g/mol. The molecule has 1 atom stereocenters. The van der Waals surface area contributed by atoms with Gasteiger partial charge in [-0.1, -0.05) is 30.3 Å². The summed E-state index contributed by atoms with van der Waals surface area (Å²) in [6.07, 6.45) is 4.10. The lowest BCUT2D eigenvalue weighted by Crippen LogP contribution is -2.35. The molecule has 2 aromatic carbocycles. The van der Waals surface area contributed by atoms with E-state index in [9.17, 15) is 4.79 Å². The third-order valence-electron chi connectivity index (χ3n) is 5.19. The molecule has 1 saturated heterocycles. The Bertz CT molecular complexity index is 798. The van der Waals surface area contributed by atoms with E-state index in [2.05, 4.69) is 5.32 Å². The predicted molar refractivity (Wildman–Crippen MR) is 99.5 cm³/mol. The summed E-state index contributed by atoms with van der Waals surface area (Å²) in [4.78, 5) is 12.9. The highest BCUT2D eigenvalue weighted by atomic mass is 16.7. The first-order chi connectivity index (χ1) is 12.7. The van der Waals surface area contributed by atoms with Crippen molar-refractivity contribution in [3.63, 3.8) is 0 Å². The zero-order valence-corrected chi connectivity index (χ0v) is 15.1. The third-order valence-corrected chi connectivity index (χ3v) is 5.19. The molecule has 4 rings (SSSR count). The molecule has 5 heteroatoms. The molecule has 1 aliphatic heterocycles. The molecule has 1 aliphatic carbocycles. The molecule has 5 nitrogen and oxygen atoms in total. The molecule has 1 spiro atoms. The maximum atomic E-state index is 12.9. The number of carbonyl (C=O) groups excluding carboxylic acids is 1. The number of nitrogens with one attached hydrogen (secondary N) is 1. The van der Waals surface area contributed by atoms with E-state index in [4.69, 9.17) is 14.2 Å². The zero-order valence-electron chi connectivity index (χ0n) is 15.1. The summed E-state index contributed by atoms with van der Waals surface area (Å²) in [7, 11) is 0. The van der Waals surface area contributed by atoms with Crippen LogP contribution in [0.3, 0.4) is 0 Å². The second-order valence-electron chi connectivity index (χ2n) is 6.97. The van der Waals surface area contributed by atoms with E-state index in [-0.39, 0.29) is 12.0 Å². The van der Waals surface area contributed by atoms with Crippen LogP contribution in [0.1, 0.15) is 43.0 Å². The average molecular weight is 355 g/mol. The van der Waals surface area contributed by atoms with E-state index in [0.717, 1.165) is 36.5 Å². The fraction of sp³-hybridized carbons (Fsp3) is 0.476. The molecule has 1 N–H and O–H groups in total. The largest absolute Gasteiger partial charge is 0.493 e. The van der Waals surface area contributed by atoms with Gasteiger partial charge in [0.1, 0.15) is 11.9 Å². The number of rotatable bonds is 5. The van der Waals surface area contributed by atoms with E-state index >= 15 is 0 Å². The smallest absolute Gasteiger partial charge is 0.255 e. The molecule has 1 heterocycles. The standard InChI is InChI=1S/C21H25NO4/c1-2-24-18-10-9-15-7-3-4-8-17(15)19(18)20(23)22-13-16-14-25-21(26-16)11-5-6-12-21/h3-4,7-10,16H,2,5-6,11-14H2,1H3,(H,22,23)/t16-/m1/s1. The van der Waals surface area contributed by atoms with Crippen molar-refractivity contribution in [2.75, 3.05) is 19.8 Å². The summed E-state index contributed by atoms with van der Waals surface area (Å²) >= 11 is 0. The SMILES string of the molecule is CCOc1ccc2ccccc2c1C(=O)NC[C@@H]1COC2(CCCC2)O1. The first-order valence-corrected chi connectivity index (χ1v) is 9.45. The van der Waals surface area contributed by atoms with Crippen molar-refractivity contribution in [1.82, 2.24) is 5.32 Å². The van der Waals surface area contributed by atoms with Gasteiger partial charge in [0.2, 0.25) is 0 Å². The molecule has 0 unspecified atom stereocenters. The quantitative estimate of drug-likeness (QED) is 0.889. The van der Waals surface area contributed by atoms with Crippen molar-refractivity contribution < 1.29 is 19.0 Å². The van der Waals surface area contributed by atoms with Gasteiger partial charge in [-0.25, -0.2) is 0 Å². The zero-order chi connectivity index (χ0) is 18.0. The molecule has 1 saturated carbocycles. The Kier molecular flexibility index (Phi) is 4.83. The molecule has 2 aliphatic rings. The second-order valence-corrected chi connectivity index (χ2v) is 6.97. The predicted octanol–water partition coefficient (Wildman–Crippen LogP) is 3.65. The van der Waals surface area contributed by atoms with Crippen molar-refractivity contribution >= 4 is 16.7 Å². The van der Waals surface area contributed by atoms with Gasteiger partial charge < -0.3 is 19.5 Å². The van der Waals surface area contributed by atoms with Crippen molar-refractivity contribution in [3.8, 4) is 5.75 Å². The van der Waals surface area contributed by atoms with Gasteiger partial charge in [0, 0.05) is 19.4 Å². The number of benzene rings is 2. The lowest BCUT2D eigenvalue weighted by atomic mass is 10.0. The normalized spacial score (nSPS) is 21.3. The van der Waals surface area contributed by atoms with Gasteiger partial charge >= 0.3 is 0 Å². The summed E-state index contributed by atoms with van der Waals surface area (Å²) in [6, 6.07) is 11.7. The Labute approximate surface area is 153 Å². The summed E-state index contributed by atoms with van der Waals surface area (Å²) in [6.45, 7) is 3.41. The molecule has 0 bridgehead atoms. The molecule has 0 aromatic heterocycles. The van der Waals surface area contributed by atoms with Gasteiger partial charge in [-0.05, 0) is 36.6 Å². The molecule has 2 aromatic rings. The van der Waals surface area contributed by atoms with Crippen molar-refractivity contribution in [1.29, 1.82) is 0 Å². The number of hydrogen-bond acceptors (Lipinski definition) is 4. The molecule has 1 amide bonds. The van der Waals surface area contributed by atoms with Crippen molar-refractivity contribution in [3.05, 3.63) is 42.0 Å². The van der Waals surface area contributed by atoms with Gasteiger partial charge in [-0.3, -0.25) is 4.79 Å². The Morgan fingerprint density at radius 3 is 2.85 bits per heavy atom. The van der Waals surface area contributed by atoms with Crippen molar-refractivity contribution in [2.24, 2.45) is 0 Å².